The van der Waals surface area contributed by atoms with Crippen LogP contribution in [0.2, 0.25) is 0 Å². The second kappa shape index (κ2) is 6.61. The van der Waals surface area contributed by atoms with Crippen molar-refractivity contribution in [1.82, 2.24) is 10.2 Å². The monoisotopic (exact) mass is 286 g/mol. The highest BCUT2D eigenvalue weighted by atomic mass is 16.2. The van der Waals surface area contributed by atoms with Crippen molar-refractivity contribution in [3.05, 3.63) is 35.4 Å². The maximum absolute atomic E-state index is 12.1. The number of hydrogen-bond donors (Lipinski definition) is 1. The lowest BCUT2D eigenvalue weighted by atomic mass is 9.75. The number of aryl methyl sites for hydroxylation is 1. The van der Waals surface area contributed by atoms with Crippen molar-refractivity contribution >= 4 is 5.91 Å². The molecular weight excluding hydrogens is 260 g/mol. The third kappa shape index (κ3) is 3.65. The van der Waals surface area contributed by atoms with Gasteiger partial charge in [0.05, 0.1) is 6.54 Å². The first-order valence-electron chi connectivity index (χ1n) is 8.30. The van der Waals surface area contributed by atoms with Gasteiger partial charge in [-0.15, -0.1) is 0 Å². The van der Waals surface area contributed by atoms with Crippen molar-refractivity contribution in [3.8, 4) is 0 Å². The van der Waals surface area contributed by atoms with Crippen molar-refractivity contribution in [1.29, 1.82) is 0 Å². The topological polar surface area (TPSA) is 32.3 Å². The molecule has 1 amide bonds. The molecule has 3 heteroatoms. The molecule has 1 saturated carbocycles. The van der Waals surface area contributed by atoms with Gasteiger partial charge in [-0.3, -0.25) is 4.79 Å². The Morgan fingerprint density at radius 1 is 1.24 bits per heavy atom. The number of piperidine rings is 1. The second-order valence-corrected chi connectivity index (χ2v) is 6.60. The highest BCUT2D eigenvalue weighted by Gasteiger charge is 2.30. The summed E-state index contributed by atoms with van der Waals surface area (Å²) in [5.74, 6) is 0.959. The zero-order valence-corrected chi connectivity index (χ0v) is 13.0. The van der Waals surface area contributed by atoms with Crippen LogP contribution in [0.25, 0.3) is 0 Å². The predicted molar refractivity (Wildman–Crippen MR) is 85.4 cm³/mol. The smallest absolute Gasteiger partial charge is 0.236 e. The molecular formula is C18H26N2O. The van der Waals surface area contributed by atoms with Crippen molar-refractivity contribution in [2.24, 2.45) is 0 Å². The average Bonchev–Trinajstić information content (AvgIpc) is 2.46. The van der Waals surface area contributed by atoms with Gasteiger partial charge < -0.3 is 10.2 Å². The first-order valence-corrected chi connectivity index (χ1v) is 8.30. The van der Waals surface area contributed by atoms with E-state index >= 15 is 0 Å². The molecule has 1 aliphatic carbocycles. The van der Waals surface area contributed by atoms with Crippen LogP contribution < -0.4 is 5.32 Å². The van der Waals surface area contributed by atoms with Crippen LogP contribution in [0, 0.1) is 6.92 Å². The zero-order valence-electron chi connectivity index (χ0n) is 13.0. The van der Waals surface area contributed by atoms with Crippen molar-refractivity contribution in [2.45, 2.75) is 51.0 Å². The van der Waals surface area contributed by atoms with Gasteiger partial charge in [-0.1, -0.05) is 29.8 Å². The number of amides is 1. The van der Waals surface area contributed by atoms with Gasteiger partial charge in [0.15, 0.2) is 0 Å². The quantitative estimate of drug-likeness (QED) is 0.923. The number of rotatable bonds is 4. The highest BCUT2D eigenvalue weighted by molar-refractivity contribution is 5.78. The molecule has 1 aliphatic heterocycles. The van der Waals surface area contributed by atoms with E-state index in [0.717, 1.165) is 25.9 Å². The zero-order chi connectivity index (χ0) is 14.7. The van der Waals surface area contributed by atoms with E-state index in [4.69, 9.17) is 0 Å². The lowest BCUT2D eigenvalue weighted by Gasteiger charge is -2.37. The predicted octanol–water partition coefficient (Wildman–Crippen LogP) is 2.84. The van der Waals surface area contributed by atoms with E-state index in [-0.39, 0.29) is 5.91 Å². The summed E-state index contributed by atoms with van der Waals surface area (Å²) in [6.07, 6.45) is 5.95. The van der Waals surface area contributed by atoms with Gasteiger partial charge in [-0.2, -0.15) is 0 Å². The molecule has 1 aromatic carbocycles. The van der Waals surface area contributed by atoms with E-state index < -0.39 is 0 Å². The van der Waals surface area contributed by atoms with Crippen LogP contribution in [0.3, 0.4) is 0 Å². The van der Waals surface area contributed by atoms with Crippen LogP contribution in [0.15, 0.2) is 24.3 Å². The Morgan fingerprint density at radius 3 is 2.71 bits per heavy atom. The molecule has 1 heterocycles. The summed E-state index contributed by atoms with van der Waals surface area (Å²) in [5, 5.41) is 3.44. The third-order valence-corrected chi connectivity index (χ3v) is 4.90. The molecule has 1 N–H and O–H groups in total. The number of nitrogens with one attached hydrogen (secondary N) is 1. The minimum atomic E-state index is 0.286. The molecule has 0 spiro atoms. The van der Waals surface area contributed by atoms with Crippen molar-refractivity contribution in [3.63, 3.8) is 0 Å². The van der Waals surface area contributed by atoms with Gasteiger partial charge in [-0.25, -0.2) is 0 Å². The number of likely N-dealkylation sites (tertiary alicyclic amines) is 1. The van der Waals surface area contributed by atoms with E-state index in [1.807, 2.05) is 4.90 Å². The molecule has 3 rings (SSSR count). The number of hydrogen-bond acceptors (Lipinski definition) is 2. The molecule has 1 saturated heterocycles. The molecule has 2 aliphatic rings. The second-order valence-electron chi connectivity index (χ2n) is 6.60. The van der Waals surface area contributed by atoms with Gasteiger partial charge in [0, 0.05) is 19.1 Å². The molecule has 2 fully saturated rings. The molecule has 0 unspecified atom stereocenters. The number of carbonyl (C=O) groups is 1. The van der Waals surface area contributed by atoms with Gasteiger partial charge in [0.1, 0.15) is 0 Å². The fourth-order valence-corrected chi connectivity index (χ4v) is 3.47. The van der Waals surface area contributed by atoms with Gasteiger partial charge in [-0.05, 0) is 50.5 Å². The van der Waals surface area contributed by atoms with Crippen LogP contribution >= 0.6 is 0 Å². The first-order chi connectivity index (χ1) is 10.2. The van der Waals surface area contributed by atoms with Crippen molar-refractivity contribution in [2.75, 3.05) is 19.6 Å². The largest absolute Gasteiger partial charge is 0.342 e. The normalized spacial score (nSPS) is 25.5. The Hall–Kier alpha value is -1.35. The van der Waals surface area contributed by atoms with E-state index in [1.165, 1.54) is 30.4 Å². The summed E-state index contributed by atoms with van der Waals surface area (Å²) in [5.41, 5.74) is 2.79. The fraction of sp³-hybridized carbons (Fsp3) is 0.611. The minimum Gasteiger partial charge on any atom is -0.342 e. The third-order valence-electron chi connectivity index (χ3n) is 4.90. The molecule has 1 aromatic rings. The Labute approximate surface area is 127 Å². The Bertz CT molecular complexity index is 488. The van der Waals surface area contributed by atoms with E-state index in [2.05, 4.69) is 36.5 Å². The summed E-state index contributed by atoms with van der Waals surface area (Å²) in [6, 6.07) is 9.33. The average molecular weight is 286 g/mol. The highest BCUT2D eigenvalue weighted by Crippen LogP contribution is 2.36. The molecule has 114 valence electrons. The molecule has 0 radical (unpaired) electrons. The van der Waals surface area contributed by atoms with Gasteiger partial charge in [0.25, 0.3) is 0 Å². The molecule has 21 heavy (non-hydrogen) atoms. The van der Waals surface area contributed by atoms with E-state index in [1.54, 1.807) is 0 Å². The van der Waals surface area contributed by atoms with Crippen LogP contribution in [-0.2, 0) is 4.79 Å². The van der Waals surface area contributed by atoms with E-state index in [0.29, 0.717) is 18.5 Å². The Kier molecular flexibility index (Phi) is 4.59. The summed E-state index contributed by atoms with van der Waals surface area (Å²) in [4.78, 5) is 14.1. The van der Waals surface area contributed by atoms with Gasteiger partial charge >= 0.3 is 0 Å². The number of nitrogens with zero attached hydrogens (tertiary/aromatic N) is 1. The van der Waals surface area contributed by atoms with Gasteiger partial charge in [0.2, 0.25) is 5.91 Å². The van der Waals surface area contributed by atoms with Crippen LogP contribution in [0.5, 0.6) is 0 Å². The minimum absolute atomic E-state index is 0.286. The molecule has 3 nitrogen and oxygen atoms in total. The lowest BCUT2D eigenvalue weighted by molar-refractivity contribution is -0.131. The summed E-state index contributed by atoms with van der Waals surface area (Å²) in [7, 11) is 0. The molecule has 0 bridgehead atoms. The van der Waals surface area contributed by atoms with Crippen LogP contribution in [0.1, 0.15) is 49.1 Å². The summed E-state index contributed by atoms with van der Waals surface area (Å²) in [6.45, 7) is 4.58. The fourth-order valence-electron chi connectivity index (χ4n) is 3.47. The lowest BCUT2D eigenvalue weighted by Crippen LogP contribution is -2.47. The SMILES string of the molecule is Cc1cccc(C2CC(NCC(=O)N3CCCCC3)C2)c1. The Morgan fingerprint density at radius 2 is 2.00 bits per heavy atom. The standard InChI is InChI=1S/C18H26N2O/c1-14-6-5-7-15(10-14)16-11-17(12-16)19-13-18(21)20-8-3-2-4-9-20/h5-7,10,16-17,19H,2-4,8-9,11-13H2,1H3. The summed E-state index contributed by atoms with van der Waals surface area (Å²) >= 11 is 0. The van der Waals surface area contributed by atoms with Crippen LogP contribution in [-0.4, -0.2) is 36.5 Å². The van der Waals surface area contributed by atoms with Crippen molar-refractivity contribution < 1.29 is 4.79 Å². The summed E-state index contributed by atoms with van der Waals surface area (Å²) < 4.78 is 0. The number of carbonyl (C=O) groups excluding carboxylic acids is 1. The van der Waals surface area contributed by atoms with E-state index in [9.17, 15) is 4.79 Å². The van der Waals surface area contributed by atoms with Crippen LogP contribution in [0.4, 0.5) is 0 Å². The maximum atomic E-state index is 12.1. The Balaban J connectivity index is 1.40. The first kappa shape index (κ1) is 14.6. The maximum Gasteiger partial charge on any atom is 0.236 e. The molecule has 0 atom stereocenters. The number of benzene rings is 1. The molecule has 0 aromatic heterocycles.